The van der Waals surface area contributed by atoms with Crippen LogP contribution < -0.4 is 11.1 Å². The number of thioether (sulfide) groups is 2. The molecule has 184 valence electrons. The third-order valence-electron chi connectivity index (χ3n) is 5.43. The van der Waals surface area contributed by atoms with Crippen LogP contribution in [0.2, 0.25) is 0 Å². The van der Waals surface area contributed by atoms with E-state index in [1.54, 1.807) is 11.6 Å². The number of thiazole rings is 1. The fraction of sp³-hybridized carbons (Fsp3) is 0.333. The van der Waals surface area contributed by atoms with Gasteiger partial charge in [0.05, 0.1) is 5.69 Å². The summed E-state index contributed by atoms with van der Waals surface area (Å²) in [5.74, 6) is -1.33. The number of oxime groups is 1. The normalized spacial score (nSPS) is 24.1. The molecule has 4 N–H and O–H groups in total. The summed E-state index contributed by atoms with van der Waals surface area (Å²) in [5, 5.41) is 19.7. The van der Waals surface area contributed by atoms with Gasteiger partial charge in [0, 0.05) is 29.6 Å². The molecule has 35 heavy (non-hydrogen) atoms. The number of β-lactam (4-membered cyclic amide) rings is 1. The van der Waals surface area contributed by atoms with Crippen molar-refractivity contribution >= 4 is 69.6 Å². The van der Waals surface area contributed by atoms with E-state index < -0.39 is 23.3 Å². The van der Waals surface area contributed by atoms with E-state index in [4.69, 9.17) is 10.6 Å². The van der Waals surface area contributed by atoms with E-state index >= 15 is 0 Å². The van der Waals surface area contributed by atoms with Gasteiger partial charge in [-0.15, -0.1) is 34.9 Å². The molecule has 2 saturated heterocycles. The number of carboxylic acid groups (broad SMARTS) is 1. The number of anilines is 1. The van der Waals surface area contributed by atoms with E-state index in [1.807, 2.05) is 29.7 Å². The highest BCUT2D eigenvalue weighted by Gasteiger charge is 2.57. The zero-order valence-corrected chi connectivity index (χ0v) is 20.9. The molecule has 0 radical (unpaired) electrons. The van der Waals surface area contributed by atoms with Crippen LogP contribution in [0, 0.1) is 5.41 Å². The smallest absolute Gasteiger partial charge is 0.313 e. The molecule has 2 amide bonds. The average molecular weight is 535 g/mol. The van der Waals surface area contributed by atoms with Gasteiger partial charge in [0.15, 0.2) is 10.8 Å². The summed E-state index contributed by atoms with van der Waals surface area (Å²) in [4.78, 5) is 52.3. The zero-order valence-electron chi connectivity index (χ0n) is 18.5. The fourth-order valence-corrected chi connectivity index (χ4v) is 6.79. The lowest BCUT2D eigenvalue weighted by Crippen LogP contribution is -2.74. The number of hydrogen-bond donors (Lipinski definition) is 3. The van der Waals surface area contributed by atoms with Gasteiger partial charge in [-0.1, -0.05) is 11.2 Å². The van der Waals surface area contributed by atoms with Crippen LogP contribution in [0.4, 0.5) is 5.13 Å². The number of carbonyl (C=O) groups is 3. The maximum absolute atomic E-state index is 12.8. The van der Waals surface area contributed by atoms with Crippen molar-refractivity contribution < 1.29 is 24.3 Å². The van der Waals surface area contributed by atoms with E-state index in [-0.39, 0.29) is 34.4 Å². The Balaban J connectivity index is 1.38. The van der Waals surface area contributed by atoms with Crippen LogP contribution in [0.1, 0.15) is 11.4 Å². The van der Waals surface area contributed by atoms with E-state index in [0.29, 0.717) is 11.5 Å². The summed E-state index contributed by atoms with van der Waals surface area (Å²) < 4.78 is 0. The summed E-state index contributed by atoms with van der Waals surface area (Å²) in [6.07, 6.45) is 3.50. The molecule has 0 spiro atoms. The molecule has 14 heteroatoms. The van der Waals surface area contributed by atoms with Gasteiger partial charge in [-0.25, -0.2) is 4.98 Å². The Hall–Kier alpha value is -3.10. The van der Waals surface area contributed by atoms with E-state index in [1.165, 1.54) is 35.5 Å². The van der Waals surface area contributed by atoms with Gasteiger partial charge in [-0.3, -0.25) is 19.4 Å². The lowest BCUT2D eigenvalue weighted by Gasteiger charge is -2.53. The number of nitrogens with one attached hydrogen (secondary N) is 1. The van der Waals surface area contributed by atoms with E-state index in [2.05, 4.69) is 20.4 Å². The van der Waals surface area contributed by atoms with Gasteiger partial charge in [0.2, 0.25) is 5.91 Å². The van der Waals surface area contributed by atoms with Crippen molar-refractivity contribution in [2.24, 2.45) is 10.6 Å². The van der Waals surface area contributed by atoms with Crippen LogP contribution >= 0.6 is 34.9 Å². The molecule has 4 rings (SSSR count). The second-order valence-corrected chi connectivity index (χ2v) is 10.7. The fourth-order valence-electron chi connectivity index (χ4n) is 3.61. The van der Waals surface area contributed by atoms with Gasteiger partial charge >= 0.3 is 5.97 Å². The number of amides is 2. The maximum atomic E-state index is 12.8. The van der Waals surface area contributed by atoms with Crippen LogP contribution in [-0.2, 0) is 19.2 Å². The van der Waals surface area contributed by atoms with Crippen LogP contribution in [-0.4, -0.2) is 80.0 Å². The molecule has 2 unspecified atom stereocenters. The Bertz CT molecular complexity index is 1170. The predicted octanol–water partition coefficient (Wildman–Crippen LogP) is 1.35. The Morgan fingerprint density at radius 2 is 2.31 bits per heavy atom. The van der Waals surface area contributed by atoms with Crippen LogP contribution in [0.3, 0.4) is 0 Å². The number of nitrogens with zero attached hydrogens (tertiary/aromatic N) is 4. The number of fused-ring (bicyclic) bond motifs is 1. The molecule has 0 aliphatic carbocycles. The minimum atomic E-state index is -1.11. The van der Waals surface area contributed by atoms with Gasteiger partial charge in [-0.2, -0.15) is 0 Å². The lowest BCUT2D eigenvalue weighted by atomic mass is 9.89. The first kappa shape index (κ1) is 25.0. The van der Waals surface area contributed by atoms with E-state index in [0.717, 1.165) is 17.0 Å². The number of rotatable bonds is 9. The largest absolute Gasteiger partial charge is 0.481 e. The monoisotopic (exact) mass is 534 g/mol. The first-order valence-corrected chi connectivity index (χ1v) is 13.3. The van der Waals surface area contributed by atoms with Crippen LogP contribution in [0.15, 0.2) is 40.3 Å². The zero-order chi connectivity index (χ0) is 25.0. The van der Waals surface area contributed by atoms with Crippen molar-refractivity contribution in [2.75, 3.05) is 30.9 Å². The number of hydrogen-bond acceptors (Lipinski definition) is 11. The molecule has 2 aromatic rings. The lowest BCUT2D eigenvalue weighted by molar-refractivity contribution is -0.157. The molecular weight excluding hydrogens is 512 g/mol. The number of nitrogens with two attached hydrogens (primary N) is 1. The molecule has 3 atom stereocenters. The summed E-state index contributed by atoms with van der Waals surface area (Å²) in [5.41, 5.74) is 5.46. The third-order valence-corrected chi connectivity index (χ3v) is 8.74. The minimum Gasteiger partial charge on any atom is -0.481 e. The van der Waals surface area contributed by atoms with Crippen LogP contribution in [0.25, 0.3) is 6.08 Å². The van der Waals surface area contributed by atoms with Crippen molar-refractivity contribution in [3.8, 4) is 0 Å². The molecule has 2 fully saturated rings. The molecule has 2 aromatic heterocycles. The summed E-state index contributed by atoms with van der Waals surface area (Å²) in [6.45, 7) is 0.0667. The summed E-state index contributed by atoms with van der Waals surface area (Å²) in [7, 11) is 1.30. The van der Waals surface area contributed by atoms with Gasteiger partial charge < -0.3 is 25.9 Å². The Morgan fingerprint density at radius 1 is 1.49 bits per heavy atom. The van der Waals surface area contributed by atoms with Gasteiger partial charge in [0.1, 0.15) is 29.6 Å². The van der Waals surface area contributed by atoms with Crippen molar-refractivity contribution in [2.45, 2.75) is 11.4 Å². The van der Waals surface area contributed by atoms with Crippen molar-refractivity contribution in [1.82, 2.24) is 20.2 Å². The SMILES string of the molecule is CON=C(C(=O)NC1C(=O)N2CC(CSC=Cc3ccccn3)(C(=O)O)CS[C@H]12)c1csc(N)n1. The molecule has 2 aliphatic heterocycles. The number of pyridine rings is 1. The topological polar surface area (TPSA) is 160 Å². The second kappa shape index (κ2) is 10.7. The van der Waals surface area contributed by atoms with Gasteiger partial charge in [0.25, 0.3) is 5.91 Å². The number of aromatic nitrogens is 2. The highest BCUT2D eigenvalue weighted by atomic mass is 32.2. The molecule has 4 heterocycles. The number of carbonyl (C=O) groups excluding carboxylic acids is 2. The third kappa shape index (κ3) is 5.28. The Kier molecular flexibility index (Phi) is 7.62. The quantitative estimate of drug-likeness (QED) is 0.243. The van der Waals surface area contributed by atoms with Gasteiger partial charge in [-0.05, 0) is 23.6 Å². The average Bonchev–Trinajstić information content (AvgIpc) is 3.29. The molecule has 0 saturated carbocycles. The standard InChI is InChI=1S/C21H22N6O5S3/c1-32-26-14(13-8-34-20(22)24-13)16(28)25-15-17(29)27-9-21(19(30)31,11-35-18(15)27)10-33-7-5-12-4-2-3-6-23-12/h2-8,15,18H,9-11H2,1H3,(H2,22,24)(H,25,28)(H,30,31)/t15?,18-,21?/m1/s1. The molecule has 0 aromatic carbocycles. The predicted molar refractivity (Wildman–Crippen MR) is 136 cm³/mol. The Morgan fingerprint density at radius 3 is 2.97 bits per heavy atom. The molecule has 11 nitrogen and oxygen atoms in total. The Labute approximate surface area is 213 Å². The van der Waals surface area contributed by atoms with Crippen molar-refractivity contribution in [3.05, 3.63) is 46.6 Å². The van der Waals surface area contributed by atoms with E-state index in [9.17, 15) is 19.5 Å². The first-order valence-electron chi connectivity index (χ1n) is 10.3. The molecule has 0 bridgehead atoms. The number of nitrogen functional groups attached to an aromatic ring is 1. The second-order valence-electron chi connectivity index (χ2n) is 7.77. The summed E-state index contributed by atoms with van der Waals surface area (Å²) in [6, 6.07) is 4.74. The molecule has 2 aliphatic rings. The number of carboxylic acids is 1. The van der Waals surface area contributed by atoms with Crippen molar-refractivity contribution in [3.63, 3.8) is 0 Å². The minimum absolute atomic E-state index is 0.0667. The first-order chi connectivity index (χ1) is 16.8. The van der Waals surface area contributed by atoms with Crippen molar-refractivity contribution in [1.29, 1.82) is 0 Å². The maximum Gasteiger partial charge on any atom is 0.313 e. The summed E-state index contributed by atoms with van der Waals surface area (Å²) >= 11 is 3.85. The highest BCUT2D eigenvalue weighted by molar-refractivity contribution is 8.02. The number of aliphatic carboxylic acids is 1. The highest BCUT2D eigenvalue weighted by Crippen LogP contribution is 2.43. The van der Waals surface area contributed by atoms with Crippen LogP contribution in [0.5, 0.6) is 0 Å². The molecular formula is C21H22N6O5S3.